The summed E-state index contributed by atoms with van der Waals surface area (Å²) in [5.41, 5.74) is 2.40. The molecule has 126 valence electrons. The Bertz CT molecular complexity index is 869. The molecule has 6 nitrogen and oxygen atoms in total. The molecule has 2 heterocycles. The number of fused-ring (bicyclic) bond motifs is 1. The van der Waals surface area contributed by atoms with Gasteiger partial charge in [0.25, 0.3) is 0 Å². The number of thiazole rings is 1. The Hall–Kier alpha value is -2.54. The lowest BCUT2D eigenvalue weighted by Gasteiger charge is -2.11. The third-order valence-corrected chi connectivity index (χ3v) is 4.34. The van der Waals surface area contributed by atoms with Crippen LogP contribution in [-0.2, 0) is 11.2 Å². The maximum atomic E-state index is 10.9. The van der Waals surface area contributed by atoms with Gasteiger partial charge in [0.2, 0.25) is 0 Å². The van der Waals surface area contributed by atoms with Gasteiger partial charge in [-0.05, 0) is 32.0 Å². The summed E-state index contributed by atoms with van der Waals surface area (Å²) in [6.07, 6.45) is 1.83. The van der Waals surface area contributed by atoms with E-state index in [1.807, 2.05) is 48.0 Å². The molecule has 3 rings (SSSR count). The number of aromatic nitrogens is 2. The summed E-state index contributed by atoms with van der Waals surface area (Å²) in [5, 5.41) is 10.8. The average Bonchev–Trinajstić information content (AvgIpc) is 3.11. The molecule has 0 radical (unpaired) electrons. The Morgan fingerprint density at radius 1 is 1.25 bits per heavy atom. The van der Waals surface area contributed by atoms with E-state index in [4.69, 9.17) is 14.6 Å². The second-order valence-electron chi connectivity index (χ2n) is 5.10. The van der Waals surface area contributed by atoms with Gasteiger partial charge in [-0.2, -0.15) is 0 Å². The van der Waals surface area contributed by atoms with E-state index >= 15 is 0 Å². The number of nitrogens with zero attached hydrogens (tertiary/aromatic N) is 2. The van der Waals surface area contributed by atoms with Crippen LogP contribution in [0.4, 0.5) is 0 Å². The van der Waals surface area contributed by atoms with Gasteiger partial charge in [0.05, 0.1) is 25.3 Å². The molecule has 0 aliphatic carbocycles. The van der Waals surface area contributed by atoms with Gasteiger partial charge < -0.3 is 14.6 Å². The average molecular weight is 346 g/mol. The summed E-state index contributed by atoms with van der Waals surface area (Å²) in [7, 11) is 0. The van der Waals surface area contributed by atoms with Crippen molar-refractivity contribution >= 4 is 22.3 Å². The Balaban J connectivity index is 1.98. The normalized spacial score (nSPS) is 10.9. The first-order valence-corrected chi connectivity index (χ1v) is 8.57. The van der Waals surface area contributed by atoms with Gasteiger partial charge in [0, 0.05) is 22.8 Å². The number of carboxylic acids is 1. The first kappa shape index (κ1) is 16.3. The quantitative estimate of drug-likeness (QED) is 0.709. The van der Waals surface area contributed by atoms with Crippen LogP contribution in [0.25, 0.3) is 16.2 Å². The molecule has 24 heavy (non-hydrogen) atoms. The number of benzene rings is 1. The van der Waals surface area contributed by atoms with Crippen LogP contribution in [0.5, 0.6) is 11.5 Å². The van der Waals surface area contributed by atoms with Crippen molar-refractivity contribution in [3.05, 3.63) is 35.5 Å². The van der Waals surface area contributed by atoms with Crippen molar-refractivity contribution in [1.82, 2.24) is 9.38 Å². The fraction of sp³-hybridized carbons (Fsp3) is 0.294. The largest absolute Gasteiger partial charge is 0.490 e. The van der Waals surface area contributed by atoms with Crippen molar-refractivity contribution in [2.24, 2.45) is 0 Å². The van der Waals surface area contributed by atoms with E-state index in [1.54, 1.807) is 0 Å². The predicted molar refractivity (Wildman–Crippen MR) is 92.2 cm³/mol. The Kier molecular flexibility index (Phi) is 4.71. The van der Waals surface area contributed by atoms with Crippen molar-refractivity contribution in [2.75, 3.05) is 13.2 Å². The molecule has 0 atom stereocenters. The van der Waals surface area contributed by atoms with E-state index in [1.165, 1.54) is 11.3 Å². The lowest BCUT2D eigenvalue weighted by atomic mass is 10.1. The highest BCUT2D eigenvalue weighted by Gasteiger charge is 2.14. The Labute approximate surface area is 143 Å². The Morgan fingerprint density at radius 3 is 2.71 bits per heavy atom. The topological polar surface area (TPSA) is 73.1 Å². The minimum Gasteiger partial charge on any atom is -0.490 e. The molecule has 0 unspecified atom stereocenters. The van der Waals surface area contributed by atoms with Crippen LogP contribution >= 0.6 is 11.3 Å². The number of rotatable bonds is 7. The molecule has 0 bridgehead atoms. The summed E-state index contributed by atoms with van der Waals surface area (Å²) in [4.78, 5) is 16.3. The van der Waals surface area contributed by atoms with Gasteiger partial charge in [-0.1, -0.05) is 0 Å². The summed E-state index contributed by atoms with van der Waals surface area (Å²) in [6.45, 7) is 4.97. The first-order valence-electron chi connectivity index (χ1n) is 7.69. The van der Waals surface area contributed by atoms with Crippen LogP contribution in [0.2, 0.25) is 0 Å². The summed E-state index contributed by atoms with van der Waals surface area (Å²) >= 11 is 1.43. The second kappa shape index (κ2) is 6.92. The number of carbonyl (C=O) groups is 1. The van der Waals surface area contributed by atoms with Crippen molar-refractivity contribution in [3.8, 4) is 22.8 Å². The van der Waals surface area contributed by atoms with Crippen LogP contribution in [-0.4, -0.2) is 33.7 Å². The van der Waals surface area contributed by atoms with Gasteiger partial charge in [-0.15, -0.1) is 11.3 Å². The summed E-state index contributed by atoms with van der Waals surface area (Å²) in [6, 6.07) is 5.70. The highest BCUT2D eigenvalue weighted by Crippen LogP contribution is 2.33. The number of ether oxygens (including phenoxy) is 2. The zero-order chi connectivity index (χ0) is 17.1. The van der Waals surface area contributed by atoms with Crippen molar-refractivity contribution < 1.29 is 19.4 Å². The minimum atomic E-state index is -0.857. The maximum Gasteiger partial charge on any atom is 0.309 e. The van der Waals surface area contributed by atoms with Crippen molar-refractivity contribution in [1.29, 1.82) is 0 Å². The van der Waals surface area contributed by atoms with E-state index in [0.29, 0.717) is 24.7 Å². The van der Waals surface area contributed by atoms with E-state index in [-0.39, 0.29) is 6.42 Å². The van der Waals surface area contributed by atoms with E-state index < -0.39 is 5.97 Å². The molecule has 0 spiro atoms. The molecule has 7 heteroatoms. The van der Waals surface area contributed by atoms with Crippen LogP contribution in [0, 0.1) is 0 Å². The maximum absolute atomic E-state index is 10.9. The van der Waals surface area contributed by atoms with Crippen molar-refractivity contribution in [2.45, 2.75) is 20.3 Å². The summed E-state index contributed by atoms with van der Waals surface area (Å²) in [5.74, 6) is 0.527. The van der Waals surface area contributed by atoms with Crippen LogP contribution in [0.3, 0.4) is 0 Å². The second-order valence-corrected chi connectivity index (χ2v) is 5.94. The van der Waals surface area contributed by atoms with Gasteiger partial charge in [0.1, 0.15) is 0 Å². The van der Waals surface area contributed by atoms with E-state index in [0.717, 1.165) is 21.9 Å². The molecular formula is C17H18N2O4S. The summed E-state index contributed by atoms with van der Waals surface area (Å²) < 4.78 is 13.0. The van der Waals surface area contributed by atoms with Crippen LogP contribution in [0.1, 0.15) is 19.5 Å². The van der Waals surface area contributed by atoms with E-state index in [2.05, 4.69) is 4.98 Å². The number of imidazole rings is 1. The third-order valence-electron chi connectivity index (χ3n) is 3.45. The number of hydrogen-bond acceptors (Lipinski definition) is 5. The number of aliphatic carboxylic acids is 1. The highest BCUT2D eigenvalue weighted by molar-refractivity contribution is 7.15. The zero-order valence-corrected chi connectivity index (χ0v) is 14.3. The molecule has 0 saturated heterocycles. The molecule has 0 fully saturated rings. The highest BCUT2D eigenvalue weighted by atomic mass is 32.1. The SMILES string of the molecule is CCOc1ccc(-c2cn3c(CC(=O)O)csc3n2)cc1OCC. The molecule has 0 amide bonds. The molecule has 3 aromatic rings. The predicted octanol–water partition coefficient (Wildman–Crippen LogP) is 3.49. The molecule has 0 aliphatic heterocycles. The van der Waals surface area contributed by atoms with E-state index in [9.17, 15) is 4.79 Å². The van der Waals surface area contributed by atoms with Crippen LogP contribution < -0.4 is 9.47 Å². The molecule has 1 N–H and O–H groups in total. The molecule has 2 aromatic heterocycles. The minimum absolute atomic E-state index is 0.0245. The lowest BCUT2D eigenvalue weighted by Crippen LogP contribution is -2.02. The molecular weight excluding hydrogens is 328 g/mol. The van der Waals surface area contributed by atoms with Gasteiger partial charge in [0.15, 0.2) is 16.5 Å². The molecule has 0 aliphatic rings. The number of carboxylic acid groups (broad SMARTS) is 1. The van der Waals surface area contributed by atoms with Gasteiger partial charge >= 0.3 is 5.97 Å². The monoisotopic (exact) mass is 346 g/mol. The van der Waals surface area contributed by atoms with Crippen LogP contribution in [0.15, 0.2) is 29.8 Å². The van der Waals surface area contributed by atoms with Gasteiger partial charge in [-0.3, -0.25) is 9.20 Å². The fourth-order valence-electron chi connectivity index (χ4n) is 2.46. The lowest BCUT2D eigenvalue weighted by molar-refractivity contribution is -0.136. The Morgan fingerprint density at radius 2 is 2.00 bits per heavy atom. The first-order chi connectivity index (χ1) is 11.6. The smallest absolute Gasteiger partial charge is 0.309 e. The third kappa shape index (κ3) is 3.21. The number of hydrogen-bond donors (Lipinski definition) is 1. The van der Waals surface area contributed by atoms with Gasteiger partial charge in [-0.25, -0.2) is 4.98 Å². The molecule has 0 saturated carbocycles. The van der Waals surface area contributed by atoms with Crippen molar-refractivity contribution in [3.63, 3.8) is 0 Å². The molecule has 1 aromatic carbocycles. The zero-order valence-electron chi connectivity index (χ0n) is 13.5. The standard InChI is InChI=1S/C17H18N2O4S/c1-3-22-14-6-5-11(7-15(14)23-4-2)13-9-19-12(8-16(20)21)10-24-17(19)18-13/h5-7,9-10H,3-4,8H2,1-2H3,(H,20,21). The fourth-order valence-corrected chi connectivity index (χ4v) is 3.33.